The van der Waals surface area contributed by atoms with Crippen LogP contribution in [0.4, 0.5) is 0 Å². The fourth-order valence-electron chi connectivity index (χ4n) is 3.15. The van der Waals surface area contributed by atoms with Crippen molar-refractivity contribution < 1.29 is 52.5 Å². The first kappa shape index (κ1) is 27.4. The Morgan fingerprint density at radius 3 is 1.94 bits per heavy atom. The van der Waals surface area contributed by atoms with Crippen molar-refractivity contribution in [3.05, 3.63) is 11.8 Å². The Hall–Kier alpha value is -3.64. The third-order valence-electron chi connectivity index (χ3n) is 4.22. The van der Waals surface area contributed by atoms with Crippen molar-refractivity contribution in [2.75, 3.05) is 13.7 Å². The molecule has 0 saturated carbocycles. The van der Waals surface area contributed by atoms with E-state index in [0.29, 0.717) is 0 Å². The van der Waals surface area contributed by atoms with Crippen molar-refractivity contribution in [2.24, 2.45) is 0 Å². The second kappa shape index (κ2) is 12.4. The van der Waals surface area contributed by atoms with Gasteiger partial charge in [-0.1, -0.05) is 0 Å². The first-order chi connectivity index (χ1) is 15.3. The number of amides is 2. The molecule has 13 heteroatoms. The van der Waals surface area contributed by atoms with Crippen LogP contribution in [-0.4, -0.2) is 79.8 Å². The SMILES string of the molecule is COC(=O)C1=C[C@@H](NC(C)=O)[C@@H](NC(C)=O)[C@H]([C@@H](OC(C)=O)[C@@H](COC(C)=O)OC(C)=O)O1. The molecule has 1 rings (SSSR count). The summed E-state index contributed by atoms with van der Waals surface area (Å²) >= 11 is 0. The lowest BCUT2D eigenvalue weighted by molar-refractivity contribution is -0.188. The van der Waals surface area contributed by atoms with Gasteiger partial charge in [0, 0.05) is 34.6 Å². The molecule has 0 bridgehead atoms. The summed E-state index contributed by atoms with van der Waals surface area (Å²) in [6.45, 7) is 5.16. The van der Waals surface area contributed by atoms with Gasteiger partial charge in [0.2, 0.25) is 17.6 Å². The zero-order valence-electron chi connectivity index (χ0n) is 19.2. The van der Waals surface area contributed by atoms with Crippen LogP contribution in [0.3, 0.4) is 0 Å². The molecule has 0 aromatic rings. The van der Waals surface area contributed by atoms with E-state index < -0.39 is 72.7 Å². The van der Waals surface area contributed by atoms with Gasteiger partial charge in [0.05, 0.1) is 19.2 Å². The molecule has 1 heterocycles. The number of ether oxygens (including phenoxy) is 5. The van der Waals surface area contributed by atoms with Gasteiger partial charge in [-0.2, -0.15) is 0 Å². The molecular weight excluding hydrogens is 444 g/mol. The fraction of sp³-hybridized carbons (Fsp3) is 0.600. The van der Waals surface area contributed by atoms with Gasteiger partial charge in [0.25, 0.3) is 0 Å². The Labute approximate surface area is 190 Å². The van der Waals surface area contributed by atoms with E-state index in [2.05, 4.69) is 15.4 Å². The molecule has 184 valence electrons. The van der Waals surface area contributed by atoms with Crippen LogP contribution in [0, 0.1) is 0 Å². The average molecular weight is 472 g/mol. The molecule has 0 unspecified atom stereocenters. The van der Waals surface area contributed by atoms with Gasteiger partial charge in [-0.05, 0) is 6.08 Å². The minimum Gasteiger partial charge on any atom is -0.477 e. The van der Waals surface area contributed by atoms with Crippen LogP contribution in [-0.2, 0) is 52.5 Å². The Bertz CT molecular complexity index is 823. The van der Waals surface area contributed by atoms with Gasteiger partial charge in [0.1, 0.15) is 6.61 Å². The molecule has 33 heavy (non-hydrogen) atoms. The Kier molecular flexibility index (Phi) is 10.3. The van der Waals surface area contributed by atoms with Gasteiger partial charge >= 0.3 is 23.9 Å². The first-order valence-corrected chi connectivity index (χ1v) is 9.84. The summed E-state index contributed by atoms with van der Waals surface area (Å²) < 4.78 is 25.9. The Morgan fingerprint density at radius 2 is 1.48 bits per heavy atom. The maximum Gasteiger partial charge on any atom is 0.373 e. The molecule has 0 aromatic heterocycles. The molecule has 0 radical (unpaired) electrons. The summed E-state index contributed by atoms with van der Waals surface area (Å²) in [6, 6.07) is -2.11. The summed E-state index contributed by atoms with van der Waals surface area (Å²) in [5.74, 6) is -4.63. The maximum atomic E-state index is 12.2. The summed E-state index contributed by atoms with van der Waals surface area (Å²) in [5, 5.41) is 5.14. The number of rotatable bonds is 9. The smallest absolute Gasteiger partial charge is 0.373 e. The number of esters is 4. The number of nitrogens with one attached hydrogen (secondary N) is 2. The lowest BCUT2D eigenvalue weighted by atomic mass is 9.91. The second-order valence-corrected chi connectivity index (χ2v) is 7.08. The van der Waals surface area contributed by atoms with E-state index in [1.54, 1.807) is 0 Å². The molecule has 0 aromatic carbocycles. The predicted molar refractivity (Wildman–Crippen MR) is 108 cm³/mol. The monoisotopic (exact) mass is 472 g/mol. The highest BCUT2D eigenvalue weighted by Gasteiger charge is 2.48. The number of hydrogen-bond acceptors (Lipinski definition) is 11. The highest BCUT2D eigenvalue weighted by Crippen LogP contribution is 2.27. The van der Waals surface area contributed by atoms with Gasteiger partial charge in [-0.15, -0.1) is 0 Å². The lowest BCUT2D eigenvalue weighted by Gasteiger charge is -2.41. The van der Waals surface area contributed by atoms with Crippen molar-refractivity contribution >= 4 is 35.7 Å². The normalized spacial score (nSPS) is 21.2. The molecule has 1 aliphatic heterocycles. The predicted octanol–water partition coefficient (Wildman–Crippen LogP) is -1.12. The van der Waals surface area contributed by atoms with Crippen molar-refractivity contribution in [2.45, 2.75) is 65.0 Å². The third-order valence-corrected chi connectivity index (χ3v) is 4.22. The third kappa shape index (κ3) is 8.79. The average Bonchev–Trinajstić information content (AvgIpc) is 2.68. The summed E-state index contributed by atoms with van der Waals surface area (Å²) in [6.07, 6.45) is -3.02. The lowest BCUT2D eigenvalue weighted by Crippen LogP contribution is -2.64. The number of hydrogen-bond donors (Lipinski definition) is 2. The van der Waals surface area contributed by atoms with E-state index >= 15 is 0 Å². The van der Waals surface area contributed by atoms with Crippen LogP contribution < -0.4 is 10.6 Å². The molecule has 0 spiro atoms. The second-order valence-electron chi connectivity index (χ2n) is 7.08. The van der Waals surface area contributed by atoms with Gasteiger partial charge in [-0.3, -0.25) is 24.0 Å². The van der Waals surface area contributed by atoms with E-state index in [1.165, 1.54) is 19.9 Å². The number of methoxy groups -OCH3 is 1. The minimum atomic E-state index is -1.48. The van der Waals surface area contributed by atoms with Crippen molar-refractivity contribution in [1.82, 2.24) is 10.6 Å². The molecule has 13 nitrogen and oxygen atoms in total. The van der Waals surface area contributed by atoms with Crippen LogP contribution in [0.5, 0.6) is 0 Å². The summed E-state index contributed by atoms with van der Waals surface area (Å²) in [5.41, 5.74) is 0. The first-order valence-electron chi connectivity index (χ1n) is 9.84. The molecule has 1 aliphatic rings. The fourth-order valence-corrected chi connectivity index (χ4v) is 3.15. The molecule has 0 aliphatic carbocycles. The number of carbonyl (C=O) groups excluding carboxylic acids is 6. The van der Waals surface area contributed by atoms with E-state index in [4.69, 9.17) is 18.9 Å². The van der Waals surface area contributed by atoms with E-state index in [9.17, 15) is 28.8 Å². The quantitative estimate of drug-likeness (QED) is 0.307. The van der Waals surface area contributed by atoms with E-state index in [1.807, 2.05) is 0 Å². The van der Waals surface area contributed by atoms with Crippen molar-refractivity contribution in [3.8, 4) is 0 Å². The van der Waals surface area contributed by atoms with Crippen LogP contribution in [0.25, 0.3) is 0 Å². The van der Waals surface area contributed by atoms with Crippen molar-refractivity contribution in [3.63, 3.8) is 0 Å². The van der Waals surface area contributed by atoms with Crippen LogP contribution in [0.1, 0.15) is 34.6 Å². The van der Waals surface area contributed by atoms with Crippen LogP contribution in [0.2, 0.25) is 0 Å². The minimum absolute atomic E-state index is 0.353. The van der Waals surface area contributed by atoms with Gasteiger partial charge < -0.3 is 34.3 Å². The Morgan fingerprint density at radius 1 is 0.909 bits per heavy atom. The van der Waals surface area contributed by atoms with E-state index in [0.717, 1.165) is 27.9 Å². The maximum absolute atomic E-state index is 12.2. The van der Waals surface area contributed by atoms with Crippen molar-refractivity contribution in [1.29, 1.82) is 0 Å². The topological polar surface area (TPSA) is 173 Å². The standard InChI is InChI=1S/C20H28N2O11/c1-9(23)21-14-7-15(20(28)29-6)33-19(17(14)22-10(2)24)18(32-13(5)27)16(31-12(4)26)8-30-11(3)25/h7,14,16-19H,8H2,1-6H3,(H,21,23)(H,22,24)/t14-,16-,17-,18+,19-/m1/s1. The van der Waals surface area contributed by atoms with Crippen LogP contribution in [0.15, 0.2) is 11.8 Å². The summed E-state index contributed by atoms with van der Waals surface area (Å²) in [7, 11) is 1.10. The highest BCUT2D eigenvalue weighted by molar-refractivity contribution is 5.87. The van der Waals surface area contributed by atoms with Crippen LogP contribution >= 0.6 is 0 Å². The Balaban J connectivity index is 3.58. The number of carbonyl (C=O) groups is 6. The largest absolute Gasteiger partial charge is 0.477 e. The molecule has 0 fully saturated rings. The summed E-state index contributed by atoms with van der Waals surface area (Å²) in [4.78, 5) is 70.8. The molecular formula is C20H28N2O11. The zero-order valence-corrected chi connectivity index (χ0v) is 19.2. The van der Waals surface area contributed by atoms with E-state index in [-0.39, 0.29) is 5.76 Å². The highest BCUT2D eigenvalue weighted by atomic mass is 16.6. The van der Waals surface area contributed by atoms with Gasteiger partial charge in [-0.25, -0.2) is 4.79 Å². The molecule has 2 N–H and O–H groups in total. The molecule has 5 atom stereocenters. The zero-order chi connectivity index (χ0) is 25.3. The molecule has 0 saturated heterocycles. The molecule has 2 amide bonds. The van der Waals surface area contributed by atoms with Gasteiger partial charge in [0.15, 0.2) is 18.3 Å².